The number of rotatable bonds is 10. The zero-order valence-corrected chi connectivity index (χ0v) is 17.7. The summed E-state index contributed by atoms with van der Waals surface area (Å²) in [5.74, 6) is 0.437. The van der Waals surface area contributed by atoms with Gasteiger partial charge < -0.3 is 23.8 Å². The van der Waals surface area contributed by atoms with Crippen LogP contribution in [0.15, 0.2) is 35.0 Å². The summed E-state index contributed by atoms with van der Waals surface area (Å²) in [5.41, 5.74) is 1.83. The van der Waals surface area contributed by atoms with E-state index in [9.17, 15) is 9.59 Å². The van der Waals surface area contributed by atoms with Crippen molar-refractivity contribution in [1.82, 2.24) is 4.90 Å². The summed E-state index contributed by atoms with van der Waals surface area (Å²) < 4.78 is 21.4. The van der Waals surface area contributed by atoms with Crippen molar-refractivity contribution in [2.45, 2.75) is 27.2 Å². The largest absolute Gasteiger partial charge is 0.490 e. The van der Waals surface area contributed by atoms with Crippen molar-refractivity contribution >= 4 is 18.0 Å². The van der Waals surface area contributed by atoms with E-state index in [1.807, 2.05) is 26.0 Å². The van der Waals surface area contributed by atoms with Crippen molar-refractivity contribution in [1.29, 1.82) is 0 Å². The fourth-order valence-corrected chi connectivity index (χ4v) is 3.06. The third-order valence-corrected chi connectivity index (χ3v) is 4.46. The lowest BCUT2D eigenvalue weighted by atomic mass is 10.0. The van der Waals surface area contributed by atoms with Gasteiger partial charge in [-0.2, -0.15) is 0 Å². The standard InChI is InChI=1S/C22H29NO6/c1-6-11-29-18-9-8-16(14-19(18)28-7-2)13-17-20(22(25)27-5)15(3)23(21(17)24)10-12-26-4/h8-9,13-14H,6-7,10-12H2,1-5H3/b17-13+. The van der Waals surface area contributed by atoms with E-state index in [1.54, 1.807) is 26.2 Å². The molecular formula is C22H29NO6. The van der Waals surface area contributed by atoms with Crippen molar-refractivity contribution < 1.29 is 28.5 Å². The quantitative estimate of drug-likeness (QED) is 0.441. The molecule has 7 nitrogen and oxygen atoms in total. The molecule has 0 aliphatic carbocycles. The molecule has 0 saturated heterocycles. The van der Waals surface area contributed by atoms with Gasteiger partial charge in [0.05, 0.1) is 38.1 Å². The van der Waals surface area contributed by atoms with E-state index in [1.165, 1.54) is 12.0 Å². The zero-order chi connectivity index (χ0) is 21.4. The van der Waals surface area contributed by atoms with E-state index in [0.717, 1.165) is 12.0 Å². The van der Waals surface area contributed by atoms with Crippen LogP contribution >= 0.6 is 0 Å². The lowest BCUT2D eigenvalue weighted by Gasteiger charge is -2.16. The number of ether oxygens (including phenoxy) is 4. The van der Waals surface area contributed by atoms with Crippen LogP contribution in [-0.2, 0) is 19.1 Å². The van der Waals surface area contributed by atoms with Crippen LogP contribution in [0.25, 0.3) is 6.08 Å². The average molecular weight is 403 g/mol. The molecule has 2 rings (SSSR count). The van der Waals surface area contributed by atoms with E-state index >= 15 is 0 Å². The topological polar surface area (TPSA) is 74.3 Å². The Balaban J connectivity index is 2.45. The van der Waals surface area contributed by atoms with Gasteiger partial charge in [0.25, 0.3) is 5.91 Å². The summed E-state index contributed by atoms with van der Waals surface area (Å²) >= 11 is 0. The second-order valence-corrected chi connectivity index (χ2v) is 6.45. The minimum Gasteiger partial charge on any atom is -0.490 e. The molecule has 29 heavy (non-hydrogen) atoms. The highest BCUT2D eigenvalue weighted by molar-refractivity contribution is 6.16. The van der Waals surface area contributed by atoms with Crippen LogP contribution in [0, 0.1) is 0 Å². The maximum absolute atomic E-state index is 13.0. The summed E-state index contributed by atoms with van der Waals surface area (Å²) in [6.45, 7) is 7.44. The number of allylic oxidation sites excluding steroid dienone is 1. The first-order valence-electron chi connectivity index (χ1n) is 9.70. The summed E-state index contributed by atoms with van der Waals surface area (Å²) in [6, 6.07) is 5.44. The molecule has 0 atom stereocenters. The minimum absolute atomic E-state index is 0.260. The van der Waals surface area contributed by atoms with Crippen LogP contribution < -0.4 is 9.47 Å². The highest BCUT2D eigenvalue weighted by Crippen LogP contribution is 2.34. The molecule has 1 heterocycles. The van der Waals surface area contributed by atoms with E-state index in [-0.39, 0.29) is 17.1 Å². The first-order valence-corrected chi connectivity index (χ1v) is 9.70. The van der Waals surface area contributed by atoms with E-state index < -0.39 is 5.97 Å². The Labute approximate surface area is 171 Å². The van der Waals surface area contributed by atoms with Crippen molar-refractivity contribution in [3.05, 3.63) is 40.6 Å². The van der Waals surface area contributed by atoms with Gasteiger partial charge in [-0.15, -0.1) is 0 Å². The fraction of sp³-hybridized carbons (Fsp3) is 0.455. The maximum Gasteiger partial charge on any atom is 0.340 e. The van der Waals surface area contributed by atoms with Crippen LogP contribution in [-0.4, -0.2) is 57.4 Å². The number of esters is 1. The number of carbonyl (C=O) groups excluding carboxylic acids is 2. The van der Waals surface area contributed by atoms with Crippen molar-refractivity contribution in [2.24, 2.45) is 0 Å². The van der Waals surface area contributed by atoms with Crippen LogP contribution in [0.5, 0.6) is 11.5 Å². The molecule has 0 unspecified atom stereocenters. The molecule has 0 bridgehead atoms. The summed E-state index contributed by atoms with van der Waals surface area (Å²) in [5, 5.41) is 0. The van der Waals surface area contributed by atoms with Gasteiger partial charge in [-0.1, -0.05) is 13.0 Å². The molecule has 1 aromatic rings. The molecule has 1 aliphatic rings. The van der Waals surface area contributed by atoms with E-state index in [0.29, 0.717) is 43.6 Å². The third-order valence-electron chi connectivity index (χ3n) is 4.46. The van der Waals surface area contributed by atoms with Gasteiger partial charge in [0.1, 0.15) is 0 Å². The summed E-state index contributed by atoms with van der Waals surface area (Å²) in [6.07, 6.45) is 2.56. The van der Waals surface area contributed by atoms with Gasteiger partial charge in [0, 0.05) is 19.4 Å². The number of methoxy groups -OCH3 is 2. The number of amides is 1. The van der Waals surface area contributed by atoms with Crippen LogP contribution in [0.3, 0.4) is 0 Å². The van der Waals surface area contributed by atoms with E-state index in [4.69, 9.17) is 18.9 Å². The molecular weight excluding hydrogens is 374 g/mol. The smallest absolute Gasteiger partial charge is 0.340 e. The van der Waals surface area contributed by atoms with Gasteiger partial charge in [-0.05, 0) is 44.0 Å². The van der Waals surface area contributed by atoms with Gasteiger partial charge >= 0.3 is 5.97 Å². The second kappa shape index (κ2) is 10.7. The number of nitrogens with zero attached hydrogens (tertiary/aromatic N) is 1. The Bertz CT molecular complexity index is 812. The van der Waals surface area contributed by atoms with Gasteiger partial charge in [-0.25, -0.2) is 4.79 Å². The number of hydrogen-bond acceptors (Lipinski definition) is 6. The summed E-state index contributed by atoms with van der Waals surface area (Å²) in [4.78, 5) is 26.9. The highest BCUT2D eigenvalue weighted by Gasteiger charge is 2.36. The molecule has 1 aromatic carbocycles. The molecule has 158 valence electrons. The zero-order valence-electron chi connectivity index (χ0n) is 17.7. The lowest BCUT2D eigenvalue weighted by Crippen LogP contribution is -2.28. The predicted molar refractivity (Wildman–Crippen MR) is 110 cm³/mol. The van der Waals surface area contributed by atoms with Crippen LogP contribution in [0.4, 0.5) is 0 Å². The van der Waals surface area contributed by atoms with E-state index in [2.05, 4.69) is 0 Å². The first-order chi connectivity index (χ1) is 14.0. The second-order valence-electron chi connectivity index (χ2n) is 6.45. The molecule has 0 spiro atoms. The fourth-order valence-electron chi connectivity index (χ4n) is 3.06. The predicted octanol–water partition coefficient (Wildman–Crippen LogP) is 3.19. The molecule has 0 N–H and O–H groups in total. The molecule has 7 heteroatoms. The summed E-state index contributed by atoms with van der Waals surface area (Å²) in [7, 11) is 2.87. The maximum atomic E-state index is 13.0. The molecule has 0 fully saturated rings. The number of hydrogen-bond donors (Lipinski definition) is 0. The third kappa shape index (κ3) is 5.17. The Hall–Kier alpha value is -2.80. The van der Waals surface area contributed by atoms with Gasteiger partial charge in [0.15, 0.2) is 11.5 Å². The van der Waals surface area contributed by atoms with Gasteiger partial charge in [-0.3, -0.25) is 4.79 Å². The SMILES string of the molecule is CCCOc1ccc(/C=C2/C(=O)N(CCOC)C(C)=C2C(=O)OC)cc1OCC. The molecule has 0 saturated carbocycles. The van der Waals surface area contributed by atoms with Crippen LogP contribution in [0.2, 0.25) is 0 Å². The van der Waals surface area contributed by atoms with Crippen molar-refractivity contribution in [2.75, 3.05) is 40.6 Å². The Kier molecular flexibility index (Phi) is 8.27. The molecule has 0 aromatic heterocycles. The lowest BCUT2D eigenvalue weighted by molar-refractivity contribution is -0.136. The van der Waals surface area contributed by atoms with Gasteiger partial charge in [0.2, 0.25) is 0 Å². The average Bonchev–Trinajstić information content (AvgIpc) is 2.95. The first kappa shape index (κ1) is 22.5. The molecule has 1 aliphatic heterocycles. The van der Waals surface area contributed by atoms with Crippen LogP contribution in [0.1, 0.15) is 32.8 Å². The highest BCUT2D eigenvalue weighted by atomic mass is 16.5. The minimum atomic E-state index is -0.546. The normalized spacial score (nSPS) is 15.3. The van der Waals surface area contributed by atoms with Crippen molar-refractivity contribution in [3.8, 4) is 11.5 Å². The molecule has 1 amide bonds. The Morgan fingerprint density at radius 3 is 2.48 bits per heavy atom. The Morgan fingerprint density at radius 2 is 1.86 bits per heavy atom. The monoisotopic (exact) mass is 403 g/mol. The number of benzene rings is 1. The van der Waals surface area contributed by atoms with Crippen molar-refractivity contribution in [3.63, 3.8) is 0 Å². The Morgan fingerprint density at radius 1 is 1.10 bits per heavy atom. The number of carbonyl (C=O) groups is 2. The molecule has 0 radical (unpaired) electrons.